The molecule has 27 heavy (non-hydrogen) atoms. The van der Waals surface area contributed by atoms with Gasteiger partial charge in [-0.3, -0.25) is 14.6 Å². The second-order valence-corrected chi connectivity index (χ2v) is 7.38. The zero-order chi connectivity index (χ0) is 19.7. The first-order valence-electron chi connectivity index (χ1n) is 8.79. The highest BCUT2D eigenvalue weighted by atomic mass is 19.1. The Morgan fingerprint density at radius 2 is 1.93 bits per heavy atom. The van der Waals surface area contributed by atoms with Gasteiger partial charge in [0.2, 0.25) is 0 Å². The molecule has 0 atom stereocenters. The van der Waals surface area contributed by atoms with Crippen molar-refractivity contribution in [3.05, 3.63) is 36.1 Å². The van der Waals surface area contributed by atoms with Crippen LogP contribution < -0.4 is 0 Å². The third-order valence-electron chi connectivity index (χ3n) is 4.91. The molecule has 144 valence electrons. The van der Waals surface area contributed by atoms with Crippen LogP contribution in [0.4, 0.5) is 4.39 Å². The maximum Gasteiger partial charge on any atom is 0.525 e. The molecule has 0 radical (unpaired) electrons. The van der Waals surface area contributed by atoms with Crippen molar-refractivity contribution >= 4 is 13.2 Å². The lowest BCUT2D eigenvalue weighted by molar-refractivity contribution is 0.00578. The first kappa shape index (κ1) is 19.7. The topological polar surface area (TPSA) is 71.3 Å². The number of ether oxygens (including phenoxy) is 1. The minimum atomic E-state index is -1.05. The highest BCUT2D eigenvalue weighted by Gasteiger charge is 2.53. The van der Waals surface area contributed by atoms with E-state index in [-0.39, 0.29) is 0 Å². The van der Waals surface area contributed by atoms with Gasteiger partial charge in [0, 0.05) is 19.5 Å². The van der Waals surface area contributed by atoms with Crippen LogP contribution in [0, 0.1) is 0 Å². The molecule has 0 spiro atoms. The van der Waals surface area contributed by atoms with Crippen molar-refractivity contribution in [3.8, 4) is 11.4 Å². The predicted octanol–water partition coefficient (Wildman–Crippen LogP) is 2.93. The van der Waals surface area contributed by atoms with Gasteiger partial charge in [-0.1, -0.05) is 0 Å². The Bertz CT molecular complexity index is 807. The highest BCUT2D eigenvalue weighted by molar-refractivity contribution is 6.54. The van der Waals surface area contributed by atoms with Crippen LogP contribution in [0.25, 0.3) is 17.5 Å². The zero-order valence-electron chi connectivity index (χ0n) is 16.3. The van der Waals surface area contributed by atoms with E-state index in [1.807, 2.05) is 27.7 Å². The standard InChI is InChI=1S/C18H24BFN4O3/c1-17(2)18(3,4)27-19(26-17)16(20)11-13-10-14(15-12-21-6-7-22-15)23-24(13)8-9-25-5/h6-7,10-12H,8-9H2,1-5H3. The molecule has 1 aliphatic rings. The van der Waals surface area contributed by atoms with Gasteiger partial charge in [0.15, 0.2) is 0 Å². The molecule has 0 unspecified atom stereocenters. The fraction of sp³-hybridized carbons (Fsp3) is 0.500. The predicted molar refractivity (Wildman–Crippen MR) is 100 cm³/mol. The molecule has 0 N–H and O–H groups in total. The quantitative estimate of drug-likeness (QED) is 0.724. The number of halogens is 1. The summed E-state index contributed by atoms with van der Waals surface area (Å²) in [5.74, 6) is 0. The van der Waals surface area contributed by atoms with Crippen molar-refractivity contribution in [2.75, 3.05) is 13.7 Å². The molecular formula is C18H24BFN4O3. The molecule has 0 aliphatic carbocycles. The number of rotatable bonds is 6. The molecule has 0 saturated carbocycles. The molecule has 3 heterocycles. The van der Waals surface area contributed by atoms with Crippen LogP contribution in [-0.2, 0) is 20.6 Å². The van der Waals surface area contributed by atoms with Gasteiger partial charge in [-0.2, -0.15) is 5.10 Å². The Kier molecular flexibility index (Phi) is 5.46. The summed E-state index contributed by atoms with van der Waals surface area (Å²) in [4.78, 5) is 8.30. The molecule has 1 fully saturated rings. The van der Waals surface area contributed by atoms with Gasteiger partial charge >= 0.3 is 7.12 Å². The van der Waals surface area contributed by atoms with Crippen LogP contribution in [0.15, 0.2) is 30.4 Å². The van der Waals surface area contributed by atoms with E-state index in [0.29, 0.717) is 30.2 Å². The summed E-state index contributed by atoms with van der Waals surface area (Å²) in [6.07, 6.45) is 6.17. The second-order valence-electron chi connectivity index (χ2n) is 7.38. The Morgan fingerprint density at radius 1 is 1.22 bits per heavy atom. The van der Waals surface area contributed by atoms with E-state index >= 15 is 0 Å². The summed E-state index contributed by atoms with van der Waals surface area (Å²) in [5.41, 5.74) is 0.0535. The SMILES string of the molecule is COCCn1nc(-c2cnccn2)cc1C=C(F)B1OC(C)(C)C(C)(C)O1. The van der Waals surface area contributed by atoms with Gasteiger partial charge in [0.05, 0.1) is 36.2 Å². The molecule has 1 aliphatic heterocycles. The number of aromatic nitrogens is 4. The number of hydrogen-bond donors (Lipinski definition) is 0. The second kappa shape index (κ2) is 7.50. The maximum absolute atomic E-state index is 14.9. The van der Waals surface area contributed by atoms with Crippen LogP contribution in [0.5, 0.6) is 0 Å². The third kappa shape index (κ3) is 4.10. The Hall–Kier alpha value is -2.10. The molecule has 3 rings (SSSR count). The molecule has 9 heteroatoms. The van der Waals surface area contributed by atoms with E-state index in [2.05, 4.69) is 15.1 Å². The summed E-state index contributed by atoms with van der Waals surface area (Å²) < 4.78 is 33.2. The first-order valence-corrected chi connectivity index (χ1v) is 8.79. The van der Waals surface area contributed by atoms with Crippen LogP contribution in [0.1, 0.15) is 33.4 Å². The fourth-order valence-corrected chi connectivity index (χ4v) is 2.63. The average Bonchev–Trinajstić information content (AvgIpc) is 3.11. The monoisotopic (exact) mass is 374 g/mol. The Labute approximate surface area is 158 Å². The van der Waals surface area contributed by atoms with E-state index in [1.54, 1.807) is 36.4 Å². The van der Waals surface area contributed by atoms with Gasteiger partial charge < -0.3 is 14.0 Å². The maximum atomic E-state index is 14.9. The van der Waals surface area contributed by atoms with E-state index in [4.69, 9.17) is 14.0 Å². The minimum absolute atomic E-state index is 0.445. The molecule has 7 nitrogen and oxygen atoms in total. The molecule has 0 bridgehead atoms. The van der Waals surface area contributed by atoms with Gasteiger partial charge in [-0.25, -0.2) is 4.39 Å². The van der Waals surface area contributed by atoms with Crippen molar-refractivity contribution in [2.45, 2.75) is 45.4 Å². The average molecular weight is 374 g/mol. The largest absolute Gasteiger partial charge is 0.525 e. The van der Waals surface area contributed by atoms with Gasteiger partial charge in [0.25, 0.3) is 0 Å². The van der Waals surface area contributed by atoms with E-state index in [9.17, 15) is 4.39 Å². The van der Waals surface area contributed by atoms with E-state index in [0.717, 1.165) is 0 Å². The third-order valence-corrected chi connectivity index (χ3v) is 4.91. The highest BCUT2D eigenvalue weighted by Crippen LogP contribution is 2.39. The van der Waals surface area contributed by atoms with Crippen molar-refractivity contribution in [1.82, 2.24) is 19.7 Å². The molecular weight excluding hydrogens is 350 g/mol. The summed E-state index contributed by atoms with van der Waals surface area (Å²) in [6, 6.07) is 1.75. The van der Waals surface area contributed by atoms with Crippen molar-refractivity contribution < 1.29 is 18.4 Å². The van der Waals surface area contributed by atoms with Gasteiger partial charge in [-0.05, 0) is 39.8 Å². The van der Waals surface area contributed by atoms with Crippen molar-refractivity contribution in [2.24, 2.45) is 0 Å². The molecule has 2 aromatic rings. The fourth-order valence-electron chi connectivity index (χ4n) is 2.63. The molecule has 0 amide bonds. The lowest BCUT2D eigenvalue weighted by Crippen LogP contribution is -2.41. The van der Waals surface area contributed by atoms with Crippen LogP contribution >= 0.6 is 0 Å². The van der Waals surface area contributed by atoms with Gasteiger partial charge in [0.1, 0.15) is 17.1 Å². The number of methoxy groups -OCH3 is 1. The number of nitrogens with zero attached hydrogens (tertiary/aromatic N) is 4. The summed E-state index contributed by atoms with van der Waals surface area (Å²) in [6.45, 7) is 8.45. The lowest BCUT2D eigenvalue weighted by atomic mass is 9.87. The van der Waals surface area contributed by atoms with Crippen molar-refractivity contribution in [3.63, 3.8) is 0 Å². The smallest absolute Gasteiger partial charge is 0.398 e. The van der Waals surface area contributed by atoms with Crippen LogP contribution in [0.2, 0.25) is 0 Å². The Morgan fingerprint density at radius 3 is 2.52 bits per heavy atom. The lowest BCUT2D eigenvalue weighted by Gasteiger charge is -2.32. The van der Waals surface area contributed by atoms with Crippen molar-refractivity contribution in [1.29, 1.82) is 0 Å². The first-order chi connectivity index (χ1) is 12.7. The van der Waals surface area contributed by atoms with Gasteiger partial charge in [-0.15, -0.1) is 0 Å². The normalized spacial score (nSPS) is 18.9. The van der Waals surface area contributed by atoms with Crippen LogP contribution in [-0.4, -0.2) is 51.8 Å². The molecule has 1 saturated heterocycles. The van der Waals surface area contributed by atoms with E-state index in [1.165, 1.54) is 6.08 Å². The zero-order valence-corrected chi connectivity index (χ0v) is 16.3. The number of hydrogen-bond acceptors (Lipinski definition) is 6. The summed E-state index contributed by atoms with van der Waals surface area (Å²) in [7, 11) is 0.550. The minimum Gasteiger partial charge on any atom is -0.398 e. The molecule has 2 aromatic heterocycles. The Balaban J connectivity index is 1.90. The summed E-state index contributed by atoms with van der Waals surface area (Å²) >= 11 is 0. The van der Waals surface area contributed by atoms with Crippen LogP contribution in [0.3, 0.4) is 0 Å². The van der Waals surface area contributed by atoms with E-state index < -0.39 is 24.0 Å². The summed E-state index contributed by atoms with van der Waals surface area (Å²) in [5, 5.41) is 4.50. The molecule has 0 aromatic carbocycles.